The van der Waals surface area contributed by atoms with Gasteiger partial charge in [0, 0.05) is 6.54 Å². The van der Waals surface area contributed by atoms with Crippen molar-refractivity contribution in [2.45, 2.75) is 270 Å². The number of amides is 1. The first kappa shape index (κ1) is 60.7. The quantitative estimate of drug-likeness (QED) is 0.0230. The number of carbonyl (C=O) groups is 1. The largest absolute Gasteiger partial charge is 0.472 e. The highest BCUT2D eigenvalue weighted by Crippen LogP contribution is 2.43. The third kappa shape index (κ3) is 45.3. The molecule has 0 saturated heterocycles. The predicted molar refractivity (Wildman–Crippen MR) is 264 cm³/mol. The predicted octanol–water partition coefficient (Wildman–Crippen LogP) is 14.4. The maximum absolute atomic E-state index is 12.9. The van der Waals surface area contributed by atoms with Gasteiger partial charge in [0.15, 0.2) is 0 Å². The minimum absolute atomic E-state index is 0.0473. The van der Waals surface area contributed by atoms with Crippen molar-refractivity contribution < 1.29 is 33.5 Å². The average molecular weight is 897 g/mol. The molecule has 0 aromatic rings. The van der Waals surface area contributed by atoms with Crippen LogP contribution < -0.4 is 11.1 Å². The van der Waals surface area contributed by atoms with E-state index < -0.39 is 38.6 Å². The molecule has 0 aliphatic carbocycles. The molecular weight excluding hydrogens is 796 g/mol. The van der Waals surface area contributed by atoms with Gasteiger partial charge in [-0.15, -0.1) is 0 Å². The topological polar surface area (TPSA) is 151 Å². The van der Waals surface area contributed by atoms with Gasteiger partial charge >= 0.3 is 7.82 Å². The maximum Gasteiger partial charge on any atom is 0.472 e. The number of carbonyl (C=O) groups excluding carboxylic acids is 1. The van der Waals surface area contributed by atoms with Gasteiger partial charge in [-0.3, -0.25) is 13.8 Å². The third-order valence-electron chi connectivity index (χ3n) is 11.8. The number of nitrogens with one attached hydrogen (secondary N) is 1. The molecule has 10 heteroatoms. The molecule has 62 heavy (non-hydrogen) atoms. The number of nitrogens with two attached hydrogens (primary N) is 1. The van der Waals surface area contributed by atoms with Crippen LogP contribution in [-0.2, 0) is 18.4 Å². The van der Waals surface area contributed by atoms with E-state index in [2.05, 4.69) is 43.5 Å². The van der Waals surface area contributed by atoms with Crippen molar-refractivity contribution in [2.24, 2.45) is 5.73 Å². The monoisotopic (exact) mass is 897 g/mol. The summed E-state index contributed by atoms with van der Waals surface area (Å²) < 4.78 is 22.2. The molecule has 0 aromatic heterocycles. The van der Waals surface area contributed by atoms with Gasteiger partial charge in [-0.2, -0.15) is 0 Å². The van der Waals surface area contributed by atoms with E-state index >= 15 is 0 Å². The Morgan fingerprint density at radius 3 is 1.37 bits per heavy atom. The summed E-state index contributed by atoms with van der Waals surface area (Å²) in [4.78, 5) is 22.9. The number of phosphoric ester groups is 1. The smallest absolute Gasteiger partial charge is 0.393 e. The molecule has 4 unspecified atom stereocenters. The van der Waals surface area contributed by atoms with Crippen LogP contribution in [0.25, 0.3) is 0 Å². The molecule has 0 spiro atoms. The lowest BCUT2D eigenvalue weighted by Crippen LogP contribution is -2.46. The second kappa shape index (κ2) is 47.6. The molecule has 0 aliphatic rings. The summed E-state index contributed by atoms with van der Waals surface area (Å²) in [6.07, 6.45) is 55.2. The second-order valence-electron chi connectivity index (χ2n) is 17.9. The zero-order chi connectivity index (χ0) is 45.5. The van der Waals surface area contributed by atoms with Crippen LogP contribution in [0.3, 0.4) is 0 Å². The number of unbranched alkanes of at least 4 members (excludes halogenated alkanes) is 31. The Morgan fingerprint density at radius 1 is 0.565 bits per heavy atom. The van der Waals surface area contributed by atoms with Crippen LogP contribution in [0.2, 0.25) is 0 Å². The van der Waals surface area contributed by atoms with Crippen LogP contribution >= 0.6 is 7.82 Å². The van der Waals surface area contributed by atoms with Crippen molar-refractivity contribution in [3.05, 3.63) is 36.5 Å². The Bertz CT molecular complexity index is 1090. The molecule has 0 saturated carbocycles. The van der Waals surface area contributed by atoms with Crippen LogP contribution in [0.1, 0.15) is 251 Å². The summed E-state index contributed by atoms with van der Waals surface area (Å²) in [5, 5.41) is 24.2. The number of phosphoric acid groups is 1. The lowest BCUT2D eigenvalue weighted by molar-refractivity contribution is -0.124. The van der Waals surface area contributed by atoms with E-state index in [0.29, 0.717) is 6.42 Å². The van der Waals surface area contributed by atoms with Crippen molar-refractivity contribution in [3.63, 3.8) is 0 Å². The van der Waals surface area contributed by atoms with Crippen molar-refractivity contribution >= 4 is 13.7 Å². The molecule has 1 amide bonds. The fraction of sp³-hybridized carbons (Fsp3) is 0.865. The van der Waals surface area contributed by atoms with Crippen molar-refractivity contribution in [1.82, 2.24) is 5.32 Å². The van der Waals surface area contributed by atoms with Gasteiger partial charge in [0.25, 0.3) is 0 Å². The molecule has 6 N–H and O–H groups in total. The van der Waals surface area contributed by atoms with Crippen molar-refractivity contribution in [2.75, 3.05) is 19.8 Å². The summed E-state index contributed by atoms with van der Waals surface area (Å²) in [5.74, 6) is -0.451. The lowest BCUT2D eigenvalue weighted by Gasteiger charge is -2.24. The Kier molecular flexibility index (Phi) is 46.6. The van der Waals surface area contributed by atoms with E-state index in [9.17, 15) is 24.5 Å². The van der Waals surface area contributed by atoms with Gasteiger partial charge in [-0.05, 0) is 51.4 Å². The Balaban J connectivity index is 4.21. The normalized spacial score (nSPS) is 14.6. The van der Waals surface area contributed by atoms with E-state index in [4.69, 9.17) is 14.8 Å². The maximum atomic E-state index is 12.9. The Morgan fingerprint density at radius 2 is 0.952 bits per heavy atom. The Labute approximate surface area is 382 Å². The third-order valence-corrected chi connectivity index (χ3v) is 12.7. The molecule has 0 rings (SSSR count). The van der Waals surface area contributed by atoms with Crippen LogP contribution in [0.4, 0.5) is 0 Å². The van der Waals surface area contributed by atoms with Gasteiger partial charge in [0.1, 0.15) is 0 Å². The minimum atomic E-state index is -4.41. The minimum Gasteiger partial charge on any atom is -0.393 e. The highest BCUT2D eigenvalue weighted by molar-refractivity contribution is 7.47. The first-order valence-corrected chi connectivity index (χ1v) is 27.7. The molecule has 0 heterocycles. The van der Waals surface area contributed by atoms with Crippen LogP contribution in [0.5, 0.6) is 0 Å². The SMILES string of the molecule is CCCCCCCCCCC/C=C\C/C=C\CCCCCCCC(O)CC(=O)NC(COP(=O)(O)OCCN)C(O)/C=C/CCCCCCCCCCCCCCCCCCC. The Hall–Kier alpha value is -1.32. The van der Waals surface area contributed by atoms with E-state index in [1.807, 2.05) is 6.08 Å². The number of aliphatic hydroxyl groups excluding tert-OH is 2. The van der Waals surface area contributed by atoms with E-state index in [1.54, 1.807) is 6.08 Å². The first-order valence-electron chi connectivity index (χ1n) is 26.2. The van der Waals surface area contributed by atoms with Crippen LogP contribution in [-0.4, -0.2) is 59.0 Å². The first-order chi connectivity index (χ1) is 30.3. The summed E-state index contributed by atoms with van der Waals surface area (Å²) in [6, 6.07) is -0.988. The summed E-state index contributed by atoms with van der Waals surface area (Å²) >= 11 is 0. The summed E-state index contributed by atoms with van der Waals surface area (Å²) in [6.45, 7) is 4.00. The zero-order valence-electron chi connectivity index (χ0n) is 40.5. The van der Waals surface area contributed by atoms with Crippen molar-refractivity contribution in [3.8, 4) is 0 Å². The lowest BCUT2D eigenvalue weighted by atomic mass is 10.0. The van der Waals surface area contributed by atoms with Crippen molar-refractivity contribution in [1.29, 1.82) is 0 Å². The molecule has 0 fully saturated rings. The number of hydrogen-bond acceptors (Lipinski definition) is 7. The molecule has 0 aromatic carbocycles. The zero-order valence-corrected chi connectivity index (χ0v) is 41.4. The van der Waals surface area contributed by atoms with E-state index in [1.165, 1.54) is 161 Å². The van der Waals surface area contributed by atoms with Gasteiger partial charge in [0.2, 0.25) is 5.91 Å². The van der Waals surface area contributed by atoms with Gasteiger partial charge in [-0.25, -0.2) is 4.57 Å². The van der Waals surface area contributed by atoms with Gasteiger partial charge in [-0.1, -0.05) is 230 Å². The highest BCUT2D eigenvalue weighted by Gasteiger charge is 2.27. The van der Waals surface area contributed by atoms with E-state index in [0.717, 1.165) is 64.2 Å². The van der Waals surface area contributed by atoms with Gasteiger partial charge < -0.3 is 26.2 Å². The molecule has 9 nitrogen and oxygen atoms in total. The number of allylic oxidation sites excluding steroid dienone is 5. The number of aliphatic hydroxyl groups is 2. The molecular formula is C52H101N2O7P. The number of rotatable bonds is 49. The number of hydrogen-bond donors (Lipinski definition) is 5. The molecule has 4 atom stereocenters. The van der Waals surface area contributed by atoms with E-state index in [-0.39, 0.29) is 19.6 Å². The van der Waals surface area contributed by atoms with Gasteiger partial charge in [0.05, 0.1) is 37.9 Å². The fourth-order valence-electron chi connectivity index (χ4n) is 7.80. The van der Waals surface area contributed by atoms with Crippen LogP contribution in [0.15, 0.2) is 36.5 Å². The molecule has 0 aliphatic heterocycles. The molecule has 366 valence electrons. The molecule has 0 bridgehead atoms. The molecule has 0 radical (unpaired) electrons. The summed E-state index contributed by atoms with van der Waals surface area (Å²) in [5.41, 5.74) is 5.38. The average Bonchev–Trinajstić information content (AvgIpc) is 3.25. The summed E-state index contributed by atoms with van der Waals surface area (Å²) in [7, 11) is -4.41. The standard InChI is InChI=1S/C52H101N2O7P/c1-3-5-7-9-11-13-15-17-19-21-23-24-26-27-29-31-33-35-37-39-41-43-49(55)47-52(57)54-50(48-61-62(58,59)60-46-45-53)51(56)44-42-40-38-36-34-32-30-28-25-22-20-18-16-14-12-10-8-6-4-2/h23-24,27,29,42,44,49-51,55-56H,3-22,25-26,28,30-41,43,45-48,53H2,1-2H3,(H,54,57)(H,58,59)/b24-23-,29-27-,44-42+. The highest BCUT2D eigenvalue weighted by atomic mass is 31.2. The van der Waals surface area contributed by atoms with Crippen LogP contribution in [0, 0.1) is 0 Å². The second-order valence-corrected chi connectivity index (χ2v) is 19.4. The fourth-order valence-corrected chi connectivity index (χ4v) is 8.56.